The average molecular weight is 314 g/mol. The number of nitro groups is 1. The van der Waals surface area contributed by atoms with E-state index in [-0.39, 0.29) is 17.6 Å². The molecule has 6 nitrogen and oxygen atoms in total. The number of carbonyl (C=O) groups excluding carboxylic acids is 1. The van der Waals surface area contributed by atoms with Crippen LogP contribution in [0.2, 0.25) is 0 Å². The molecule has 0 aliphatic heterocycles. The summed E-state index contributed by atoms with van der Waals surface area (Å²) in [6.07, 6.45) is 0. The Labute approximate surface area is 134 Å². The second kappa shape index (κ2) is 6.91. The number of carbonyl (C=O) groups is 1. The van der Waals surface area contributed by atoms with Gasteiger partial charge in [0.25, 0.3) is 11.6 Å². The van der Waals surface area contributed by atoms with Crippen LogP contribution in [-0.4, -0.2) is 17.9 Å². The normalized spacial score (nSPS) is 11.6. The van der Waals surface area contributed by atoms with Crippen LogP contribution >= 0.6 is 0 Å². The quantitative estimate of drug-likeness (QED) is 0.677. The van der Waals surface area contributed by atoms with Crippen molar-refractivity contribution in [2.75, 3.05) is 7.11 Å². The molecule has 6 heteroatoms. The maximum Gasteiger partial charge on any atom is 0.272 e. The zero-order valence-electron chi connectivity index (χ0n) is 13.2. The van der Waals surface area contributed by atoms with Gasteiger partial charge in [-0.2, -0.15) is 0 Å². The summed E-state index contributed by atoms with van der Waals surface area (Å²) in [5.74, 6) is 0.404. The third-order valence-corrected chi connectivity index (χ3v) is 3.61. The van der Waals surface area contributed by atoms with Crippen molar-refractivity contribution >= 4 is 11.6 Å². The minimum Gasteiger partial charge on any atom is -0.496 e. The number of nitrogens with one attached hydrogen (secondary N) is 1. The number of aryl methyl sites for hydroxylation is 1. The average Bonchev–Trinajstić information content (AvgIpc) is 2.54. The molecule has 0 heterocycles. The Bertz CT molecular complexity index is 743. The number of rotatable bonds is 5. The van der Waals surface area contributed by atoms with Crippen molar-refractivity contribution in [2.24, 2.45) is 0 Å². The van der Waals surface area contributed by atoms with Crippen LogP contribution < -0.4 is 10.1 Å². The molecule has 0 bridgehead atoms. The summed E-state index contributed by atoms with van der Waals surface area (Å²) in [4.78, 5) is 22.7. The van der Waals surface area contributed by atoms with Crippen molar-refractivity contribution in [3.05, 3.63) is 69.3 Å². The molecule has 0 fully saturated rings. The number of amides is 1. The third-order valence-electron chi connectivity index (χ3n) is 3.61. The first kappa shape index (κ1) is 16.5. The van der Waals surface area contributed by atoms with E-state index in [0.717, 1.165) is 5.56 Å². The predicted molar refractivity (Wildman–Crippen MR) is 86.7 cm³/mol. The van der Waals surface area contributed by atoms with Crippen molar-refractivity contribution in [3.63, 3.8) is 0 Å². The molecule has 2 aromatic rings. The van der Waals surface area contributed by atoms with Crippen LogP contribution in [0.3, 0.4) is 0 Å². The molecule has 2 aromatic carbocycles. The molecule has 0 saturated heterocycles. The maximum absolute atomic E-state index is 12.3. The van der Waals surface area contributed by atoms with Crippen LogP contribution in [-0.2, 0) is 0 Å². The van der Waals surface area contributed by atoms with Gasteiger partial charge in [-0.05, 0) is 32.0 Å². The number of benzene rings is 2. The molecule has 2 rings (SSSR count). The molecule has 0 saturated carbocycles. The minimum atomic E-state index is -0.464. The van der Waals surface area contributed by atoms with Crippen LogP contribution in [0.25, 0.3) is 0 Å². The number of hydrogen-bond donors (Lipinski definition) is 1. The van der Waals surface area contributed by atoms with Gasteiger partial charge in [-0.1, -0.05) is 18.2 Å². The predicted octanol–water partition coefficient (Wildman–Crippen LogP) is 3.40. The molecular weight excluding hydrogens is 296 g/mol. The Hall–Kier alpha value is -2.89. The summed E-state index contributed by atoms with van der Waals surface area (Å²) in [6.45, 7) is 3.46. The molecular formula is C17H18N2O4. The van der Waals surface area contributed by atoms with E-state index in [4.69, 9.17) is 4.74 Å². The summed E-state index contributed by atoms with van der Waals surface area (Å²) < 4.78 is 5.29. The van der Waals surface area contributed by atoms with Crippen LogP contribution in [0.5, 0.6) is 5.75 Å². The lowest BCUT2D eigenvalue weighted by Gasteiger charge is -2.17. The number of nitrogens with zero attached hydrogens (tertiary/aromatic N) is 1. The minimum absolute atomic E-state index is 0.000623. The monoisotopic (exact) mass is 314 g/mol. The number of nitro benzene ring substituents is 1. The van der Waals surface area contributed by atoms with Crippen molar-refractivity contribution in [1.29, 1.82) is 0 Å². The van der Waals surface area contributed by atoms with E-state index in [2.05, 4.69) is 5.32 Å². The van der Waals surface area contributed by atoms with Crippen LogP contribution in [0.15, 0.2) is 42.5 Å². The third kappa shape index (κ3) is 3.66. The van der Waals surface area contributed by atoms with Gasteiger partial charge in [-0.15, -0.1) is 0 Å². The molecule has 0 spiro atoms. The summed E-state index contributed by atoms with van der Waals surface area (Å²) in [6, 6.07) is 11.5. The van der Waals surface area contributed by atoms with Crippen LogP contribution in [0.4, 0.5) is 5.69 Å². The molecule has 0 aliphatic carbocycles. The highest BCUT2D eigenvalue weighted by molar-refractivity contribution is 5.95. The zero-order chi connectivity index (χ0) is 17.0. The molecule has 23 heavy (non-hydrogen) atoms. The summed E-state index contributed by atoms with van der Waals surface area (Å²) in [7, 11) is 1.58. The van der Waals surface area contributed by atoms with Crippen molar-refractivity contribution < 1.29 is 14.5 Å². The zero-order valence-corrected chi connectivity index (χ0v) is 13.2. The SMILES string of the molecule is COc1ccccc1[C@H](C)NC(=O)c1ccc([N+](=O)[O-])c(C)c1. The molecule has 0 radical (unpaired) electrons. The summed E-state index contributed by atoms with van der Waals surface area (Å²) in [5, 5.41) is 13.7. The fourth-order valence-electron chi connectivity index (χ4n) is 2.38. The van der Waals surface area contributed by atoms with Crippen LogP contribution in [0.1, 0.15) is 34.5 Å². The molecule has 120 valence electrons. The highest BCUT2D eigenvalue weighted by Crippen LogP contribution is 2.25. The summed E-state index contributed by atoms with van der Waals surface area (Å²) >= 11 is 0. The smallest absolute Gasteiger partial charge is 0.272 e. The lowest BCUT2D eigenvalue weighted by atomic mass is 10.1. The van der Waals surface area contributed by atoms with Gasteiger partial charge in [0.15, 0.2) is 0 Å². The summed E-state index contributed by atoms with van der Waals surface area (Å²) in [5.41, 5.74) is 1.70. The van der Waals surface area contributed by atoms with E-state index in [0.29, 0.717) is 16.9 Å². The van der Waals surface area contributed by atoms with Gasteiger partial charge >= 0.3 is 0 Å². The first-order valence-corrected chi connectivity index (χ1v) is 7.13. The van der Waals surface area contributed by atoms with Gasteiger partial charge in [0.1, 0.15) is 5.75 Å². The molecule has 1 amide bonds. The highest BCUT2D eigenvalue weighted by atomic mass is 16.6. The molecule has 0 aromatic heterocycles. The standard InChI is InChI=1S/C17H18N2O4/c1-11-10-13(8-9-15(11)19(21)22)17(20)18-12(2)14-6-4-5-7-16(14)23-3/h4-10,12H,1-3H3,(H,18,20)/t12-/m0/s1. The number of hydrogen-bond acceptors (Lipinski definition) is 4. The maximum atomic E-state index is 12.3. The lowest BCUT2D eigenvalue weighted by Crippen LogP contribution is -2.27. The Balaban J connectivity index is 2.18. The topological polar surface area (TPSA) is 81.5 Å². The first-order chi connectivity index (χ1) is 10.9. The van der Waals surface area contributed by atoms with Crippen molar-refractivity contribution in [3.8, 4) is 5.75 Å². The molecule has 1 atom stereocenters. The second-order valence-electron chi connectivity index (χ2n) is 5.20. The van der Waals surface area contributed by atoms with E-state index < -0.39 is 4.92 Å². The Morgan fingerprint density at radius 1 is 1.26 bits per heavy atom. The van der Waals surface area contributed by atoms with Crippen molar-refractivity contribution in [2.45, 2.75) is 19.9 Å². The number of methoxy groups -OCH3 is 1. The fraction of sp³-hybridized carbons (Fsp3) is 0.235. The number of ether oxygens (including phenoxy) is 1. The van der Waals surface area contributed by atoms with Gasteiger partial charge in [0, 0.05) is 22.8 Å². The lowest BCUT2D eigenvalue weighted by molar-refractivity contribution is -0.385. The van der Waals surface area contributed by atoms with E-state index in [1.807, 2.05) is 31.2 Å². The van der Waals surface area contributed by atoms with E-state index in [1.54, 1.807) is 14.0 Å². The van der Waals surface area contributed by atoms with E-state index >= 15 is 0 Å². The highest BCUT2D eigenvalue weighted by Gasteiger charge is 2.17. The van der Waals surface area contributed by atoms with Crippen molar-refractivity contribution in [1.82, 2.24) is 5.32 Å². The first-order valence-electron chi connectivity index (χ1n) is 7.13. The van der Waals surface area contributed by atoms with E-state index in [1.165, 1.54) is 18.2 Å². The van der Waals surface area contributed by atoms with Gasteiger partial charge in [0.05, 0.1) is 18.1 Å². The Morgan fingerprint density at radius 3 is 2.57 bits per heavy atom. The van der Waals surface area contributed by atoms with Gasteiger partial charge < -0.3 is 10.1 Å². The van der Waals surface area contributed by atoms with Gasteiger partial charge in [-0.25, -0.2) is 0 Å². The molecule has 0 unspecified atom stereocenters. The molecule has 1 N–H and O–H groups in total. The van der Waals surface area contributed by atoms with Crippen LogP contribution in [0, 0.1) is 17.0 Å². The Kier molecular flexibility index (Phi) is 4.95. The van der Waals surface area contributed by atoms with Gasteiger partial charge in [0.2, 0.25) is 0 Å². The fourth-order valence-corrected chi connectivity index (χ4v) is 2.38. The Morgan fingerprint density at radius 2 is 1.96 bits per heavy atom. The van der Waals surface area contributed by atoms with Gasteiger partial charge in [-0.3, -0.25) is 14.9 Å². The number of para-hydroxylation sites is 1. The second-order valence-corrected chi connectivity index (χ2v) is 5.20. The molecule has 0 aliphatic rings. The largest absolute Gasteiger partial charge is 0.496 e. The van der Waals surface area contributed by atoms with E-state index in [9.17, 15) is 14.9 Å².